The third-order valence-electron chi connectivity index (χ3n) is 3.06. The number of nitrogens with one attached hydrogen (secondary N) is 2. The number of rotatable bonds is 3. The lowest BCUT2D eigenvalue weighted by molar-refractivity contribution is 0.185. The number of amides is 1. The fourth-order valence-corrected chi connectivity index (χ4v) is 2.55. The van der Waals surface area contributed by atoms with Gasteiger partial charge in [0.2, 0.25) is 5.28 Å². The molecule has 0 aliphatic heterocycles. The van der Waals surface area contributed by atoms with Gasteiger partial charge in [-0.3, -0.25) is 0 Å². The summed E-state index contributed by atoms with van der Waals surface area (Å²) in [5, 5.41) is 15.0. The van der Waals surface area contributed by atoms with E-state index in [0.29, 0.717) is 17.3 Å². The summed E-state index contributed by atoms with van der Waals surface area (Å²) in [4.78, 5) is 18.4. The van der Waals surface area contributed by atoms with Crippen LogP contribution in [0.3, 0.4) is 0 Å². The average Bonchev–Trinajstić information content (AvgIpc) is 2.33. The van der Waals surface area contributed by atoms with Gasteiger partial charge in [0.1, 0.15) is 10.8 Å². The Bertz CT molecular complexity index is 472. The largest absolute Gasteiger partial charge is 0.465 e. The maximum absolute atomic E-state index is 10.6. The molecule has 2 rings (SSSR count). The van der Waals surface area contributed by atoms with E-state index in [1.807, 2.05) is 0 Å². The van der Waals surface area contributed by atoms with Crippen LogP contribution < -0.4 is 10.6 Å². The van der Waals surface area contributed by atoms with Crippen molar-refractivity contribution in [2.45, 2.75) is 37.8 Å². The zero-order chi connectivity index (χ0) is 13.8. The molecule has 2 atom stereocenters. The second-order valence-corrected chi connectivity index (χ2v) is 5.24. The van der Waals surface area contributed by atoms with Gasteiger partial charge in [0, 0.05) is 12.1 Å². The Kier molecular flexibility index (Phi) is 4.66. The van der Waals surface area contributed by atoms with Crippen molar-refractivity contribution in [2.75, 3.05) is 5.32 Å². The van der Waals surface area contributed by atoms with E-state index in [1.54, 1.807) is 0 Å². The third-order valence-corrected chi connectivity index (χ3v) is 3.52. The first-order chi connectivity index (χ1) is 9.04. The summed E-state index contributed by atoms with van der Waals surface area (Å²) in [7, 11) is 0. The Labute approximate surface area is 120 Å². The van der Waals surface area contributed by atoms with E-state index in [9.17, 15) is 4.79 Å². The van der Waals surface area contributed by atoms with Crippen molar-refractivity contribution in [3.05, 3.63) is 16.5 Å². The number of halogens is 2. The Hall–Kier alpha value is -1.27. The standard InChI is InChI=1S/C11H14Cl2N4O2/c12-8-5-14-10(13)17-9(8)15-6-2-1-3-7(4-6)16-11(18)19/h5-7,16H,1-4H2,(H,18,19)(H,14,15,17). The summed E-state index contributed by atoms with van der Waals surface area (Å²) in [5.74, 6) is 0.489. The summed E-state index contributed by atoms with van der Waals surface area (Å²) in [6.07, 6.45) is 3.88. The van der Waals surface area contributed by atoms with Gasteiger partial charge in [0.25, 0.3) is 0 Å². The predicted octanol–water partition coefficient (Wildman–Crippen LogP) is 2.77. The van der Waals surface area contributed by atoms with Gasteiger partial charge in [0.05, 0.1) is 6.20 Å². The monoisotopic (exact) mass is 304 g/mol. The van der Waals surface area contributed by atoms with Crippen LogP contribution in [0.5, 0.6) is 0 Å². The van der Waals surface area contributed by atoms with Crippen LogP contribution in [-0.2, 0) is 0 Å². The van der Waals surface area contributed by atoms with Crippen LogP contribution in [0.15, 0.2) is 6.20 Å². The zero-order valence-corrected chi connectivity index (χ0v) is 11.6. The van der Waals surface area contributed by atoms with Crippen molar-refractivity contribution in [1.82, 2.24) is 15.3 Å². The molecule has 0 aromatic carbocycles. The van der Waals surface area contributed by atoms with Crippen molar-refractivity contribution in [3.63, 3.8) is 0 Å². The molecule has 3 N–H and O–H groups in total. The number of nitrogens with zero attached hydrogens (tertiary/aromatic N) is 2. The van der Waals surface area contributed by atoms with Crippen molar-refractivity contribution in [3.8, 4) is 0 Å². The Balaban J connectivity index is 1.98. The number of aromatic nitrogens is 2. The number of anilines is 1. The summed E-state index contributed by atoms with van der Waals surface area (Å²) in [5.41, 5.74) is 0. The third kappa shape index (κ3) is 4.11. The maximum Gasteiger partial charge on any atom is 0.404 e. The fraction of sp³-hybridized carbons (Fsp3) is 0.545. The van der Waals surface area contributed by atoms with Crippen LogP contribution in [0.4, 0.5) is 10.6 Å². The Morgan fingerprint density at radius 1 is 1.37 bits per heavy atom. The van der Waals surface area contributed by atoms with E-state index < -0.39 is 6.09 Å². The molecule has 104 valence electrons. The first kappa shape index (κ1) is 14.1. The highest BCUT2D eigenvalue weighted by molar-refractivity contribution is 6.33. The number of hydrogen-bond donors (Lipinski definition) is 3. The van der Waals surface area contributed by atoms with Crippen LogP contribution in [0.1, 0.15) is 25.7 Å². The van der Waals surface area contributed by atoms with Gasteiger partial charge in [-0.05, 0) is 37.3 Å². The minimum Gasteiger partial charge on any atom is -0.465 e. The van der Waals surface area contributed by atoms with Gasteiger partial charge < -0.3 is 15.7 Å². The zero-order valence-electron chi connectivity index (χ0n) is 10.1. The Morgan fingerprint density at radius 3 is 2.84 bits per heavy atom. The first-order valence-electron chi connectivity index (χ1n) is 5.98. The van der Waals surface area contributed by atoms with Crippen molar-refractivity contribution in [1.29, 1.82) is 0 Å². The van der Waals surface area contributed by atoms with Crippen LogP contribution in [0.25, 0.3) is 0 Å². The number of hydrogen-bond acceptors (Lipinski definition) is 4. The molecule has 0 radical (unpaired) electrons. The highest BCUT2D eigenvalue weighted by atomic mass is 35.5. The summed E-state index contributed by atoms with van der Waals surface area (Å²) in [6.45, 7) is 0. The number of carbonyl (C=O) groups is 1. The van der Waals surface area contributed by atoms with Crippen molar-refractivity contribution < 1.29 is 9.90 Å². The van der Waals surface area contributed by atoms with Crippen molar-refractivity contribution >= 4 is 35.1 Å². The SMILES string of the molecule is O=C(O)NC1CCCC(Nc2nc(Cl)ncc2Cl)C1. The molecule has 1 aromatic rings. The van der Waals surface area contributed by atoms with Gasteiger partial charge in [0.15, 0.2) is 0 Å². The highest BCUT2D eigenvalue weighted by Crippen LogP contribution is 2.25. The van der Waals surface area contributed by atoms with E-state index in [2.05, 4.69) is 20.6 Å². The van der Waals surface area contributed by atoms with Crippen molar-refractivity contribution in [2.24, 2.45) is 0 Å². The van der Waals surface area contributed by atoms with Gasteiger partial charge >= 0.3 is 6.09 Å². The molecular formula is C11H14Cl2N4O2. The molecule has 1 fully saturated rings. The van der Waals surface area contributed by atoms with Gasteiger partial charge in [-0.2, -0.15) is 4.98 Å². The van der Waals surface area contributed by atoms with E-state index in [1.165, 1.54) is 6.20 Å². The quantitative estimate of drug-likeness (QED) is 0.747. The van der Waals surface area contributed by atoms with Gasteiger partial charge in [-0.25, -0.2) is 9.78 Å². The second kappa shape index (κ2) is 6.25. The molecule has 1 aliphatic rings. The molecule has 1 heterocycles. The van der Waals surface area contributed by atoms with Crippen LogP contribution in [0, 0.1) is 0 Å². The summed E-state index contributed by atoms with van der Waals surface area (Å²) < 4.78 is 0. The molecule has 0 spiro atoms. The van der Waals surface area contributed by atoms with E-state index in [-0.39, 0.29) is 17.4 Å². The molecular weight excluding hydrogens is 291 g/mol. The van der Waals surface area contributed by atoms with E-state index in [4.69, 9.17) is 28.3 Å². The number of carboxylic acid groups (broad SMARTS) is 1. The van der Waals surface area contributed by atoms with E-state index >= 15 is 0 Å². The van der Waals surface area contributed by atoms with Crippen LogP contribution in [0.2, 0.25) is 10.3 Å². The minimum absolute atomic E-state index is 0.0418. The molecule has 1 saturated carbocycles. The topological polar surface area (TPSA) is 87.1 Å². The lowest BCUT2D eigenvalue weighted by Crippen LogP contribution is -2.41. The summed E-state index contributed by atoms with van der Waals surface area (Å²) >= 11 is 11.7. The summed E-state index contributed by atoms with van der Waals surface area (Å²) in [6, 6.07) is 0.0777. The van der Waals surface area contributed by atoms with Gasteiger partial charge in [-0.15, -0.1) is 0 Å². The molecule has 0 saturated heterocycles. The second-order valence-electron chi connectivity index (χ2n) is 4.49. The molecule has 8 heteroatoms. The predicted molar refractivity (Wildman–Crippen MR) is 72.9 cm³/mol. The van der Waals surface area contributed by atoms with Gasteiger partial charge in [-0.1, -0.05) is 11.6 Å². The smallest absolute Gasteiger partial charge is 0.404 e. The van der Waals surface area contributed by atoms with Crippen LogP contribution >= 0.6 is 23.2 Å². The fourth-order valence-electron chi connectivity index (χ4n) is 2.27. The average molecular weight is 305 g/mol. The minimum atomic E-state index is -0.992. The molecule has 1 amide bonds. The highest BCUT2D eigenvalue weighted by Gasteiger charge is 2.24. The Morgan fingerprint density at radius 2 is 2.11 bits per heavy atom. The molecule has 0 bridgehead atoms. The molecule has 1 aromatic heterocycles. The van der Waals surface area contributed by atoms with E-state index in [0.717, 1.165) is 19.3 Å². The molecule has 6 nitrogen and oxygen atoms in total. The molecule has 19 heavy (non-hydrogen) atoms. The normalized spacial score (nSPS) is 22.8. The van der Waals surface area contributed by atoms with Crippen LogP contribution in [-0.4, -0.2) is 33.3 Å². The molecule has 2 unspecified atom stereocenters. The lowest BCUT2D eigenvalue weighted by Gasteiger charge is -2.30. The maximum atomic E-state index is 10.6. The molecule has 1 aliphatic carbocycles. The lowest BCUT2D eigenvalue weighted by atomic mass is 9.91. The first-order valence-corrected chi connectivity index (χ1v) is 6.74.